The number of alkyl halides is 1. The number of aromatic nitrogens is 2. The van der Waals surface area contributed by atoms with E-state index < -0.39 is 0 Å². The fourth-order valence-electron chi connectivity index (χ4n) is 2.64. The van der Waals surface area contributed by atoms with Gasteiger partial charge in [0, 0.05) is 25.4 Å². The van der Waals surface area contributed by atoms with Crippen molar-refractivity contribution in [1.82, 2.24) is 14.5 Å². The van der Waals surface area contributed by atoms with E-state index in [9.17, 15) is 0 Å². The fraction of sp³-hybridized carbons (Fsp3) is 0.562. The second-order valence-electron chi connectivity index (χ2n) is 5.04. The van der Waals surface area contributed by atoms with E-state index >= 15 is 0 Å². The molecule has 0 spiro atoms. The molecule has 0 unspecified atom stereocenters. The van der Waals surface area contributed by atoms with Gasteiger partial charge in [0.15, 0.2) is 0 Å². The van der Waals surface area contributed by atoms with Gasteiger partial charge in [-0.1, -0.05) is 26.0 Å². The molecule has 0 aliphatic heterocycles. The third-order valence-electron chi connectivity index (χ3n) is 3.68. The molecule has 0 N–H and O–H groups in total. The zero-order valence-electron chi connectivity index (χ0n) is 12.5. The normalized spacial score (nSPS) is 11.6. The Morgan fingerprint density at radius 1 is 1.20 bits per heavy atom. The molecule has 4 heteroatoms. The van der Waals surface area contributed by atoms with Crippen molar-refractivity contribution in [3.05, 3.63) is 30.1 Å². The molecule has 0 saturated heterocycles. The summed E-state index contributed by atoms with van der Waals surface area (Å²) in [5.74, 6) is 1.73. The summed E-state index contributed by atoms with van der Waals surface area (Å²) < 4.78 is 2.33. The number of para-hydroxylation sites is 2. The van der Waals surface area contributed by atoms with Gasteiger partial charge in [-0.15, -0.1) is 11.6 Å². The average molecular weight is 294 g/mol. The summed E-state index contributed by atoms with van der Waals surface area (Å²) in [4.78, 5) is 7.20. The molecule has 2 aromatic rings. The van der Waals surface area contributed by atoms with E-state index in [1.807, 2.05) is 6.07 Å². The van der Waals surface area contributed by atoms with E-state index in [-0.39, 0.29) is 0 Å². The molecular formula is C16H24ClN3. The van der Waals surface area contributed by atoms with Gasteiger partial charge in [0.2, 0.25) is 0 Å². The lowest BCUT2D eigenvalue weighted by molar-refractivity contribution is 0.277. The van der Waals surface area contributed by atoms with E-state index in [2.05, 4.69) is 41.5 Å². The van der Waals surface area contributed by atoms with Crippen molar-refractivity contribution >= 4 is 22.6 Å². The van der Waals surface area contributed by atoms with Gasteiger partial charge in [-0.2, -0.15) is 0 Å². The molecule has 0 amide bonds. The van der Waals surface area contributed by atoms with Crippen molar-refractivity contribution in [2.75, 3.05) is 25.5 Å². The largest absolute Gasteiger partial charge is 0.327 e. The topological polar surface area (TPSA) is 21.1 Å². The Labute approximate surface area is 126 Å². The number of rotatable bonds is 8. The highest BCUT2D eigenvalue weighted by atomic mass is 35.5. The monoisotopic (exact) mass is 293 g/mol. The zero-order valence-corrected chi connectivity index (χ0v) is 13.2. The summed E-state index contributed by atoms with van der Waals surface area (Å²) in [5, 5.41) is 0. The van der Waals surface area contributed by atoms with E-state index in [4.69, 9.17) is 16.6 Å². The van der Waals surface area contributed by atoms with Gasteiger partial charge < -0.3 is 9.47 Å². The van der Waals surface area contributed by atoms with Crippen molar-refractivity contribution < 1.29 is 0 Å². The van der Waals surface area contributed by atoms with Crippen LogP contribution in [0, 0.1) is 0 Å². The van der Waals surface area contributed by atoms with Gasteiger partial charge >= 0.3 is 0 Å². The lowest BCUT2D eigenvalue weighted by Crippen LogP contribution is -2.28. The maximum Gasteiger partial charge on any atom is 0.111 e. The van der Waals surface area contributed by atoms with E-state index in [0.29, 0.717) is 5.88 Å². The third-order valence-corrected chi connectivity index (χ3v) is 3.87. The molecule has 2 rings (SSSR count). The highest BCUT2D eigenvalue weighted by molar-refractivity contribution is 6.17. The Morgan fingerprint density at radius 3 is 2.70 bits per heavy atom. The number of benzene rings is 1. The lowest BCUT2D eigenvalue weighted by atomic mass is 10.3. The van der Waals surface area contributed by atoms with Gasteiger partial charge in [0.05, 0.1) is 11.0 Å². The van der Waals surface area contributed by atoms with Crippen LogP contribution in [-0.4, -0.2) is 40.0 Å². The molecule has 0 aliphatic rings. The van der Waals surface area contributed by atoms with Crippen molar-refractivity contribution in [3.8, 4) is 0 Å². The molecule has 110 valence electrons. The number of hydrogen-bond donors (Lipinski definition) is 0. The molecule has 0 saturated carbocycles. The van der Waals surface area contributed by atoms with Crippen LogP contribution in [0.2, 0.25) is 0 Å². The van der Waals surface area contributed by atoms with E-state index in [1.54, 1.807) is 0 Å². The van der Waals surface area contributed by atoms with Gasteiger partial charge in [-0.05, 0) is 31.6 Å². The Balaban J connectivity index is 2.20. The first-order valence-electron chi connectivity index (χ1n) is 7.52. The quantitative estimate of drug-likeness (QED) is 0.694. The predicted molar refractivity (Wildman–Crippen MR) is 86.6 cm³/mol. The van der Waals surface area contributed by atoms with Gasteiger partial charge in [0.25, 0.3) is 0 Å². The molecular weight excluding hydrogens is 270 g/mol. The number of likely N-dealkylation sites (N-methyl/N-ethyl adjacent to an activating group) is 1. The minimum absolute atomic E-state index is 0.621. The van der Waals surface area contributed by atoms with Crippen LogP contribution in [0.15, 0.2) is 24.3 Å². The molecule has 3 nitrogen and oxygen atoms in total. The zero-order chi connectivity index (χ0) is 14.4. The maximum atomic E-state index is 5.91. The van der Waals surface area contributed by atoms with Gasteiger partial charge in [0.1, 0.15) is 5.82 Å². The molecule has 0 bridgehead atoms. The molecule has 20 heavy (non-hydrogen) atoms. The van der Waals surface area contributed by atoms with Crippen LogP contribution in [0.1, 0.15) is 26.1 Å². The minimum Gasteiger partial charge on any atom is -0.327 e. The molecule has 0 aliphatic carbocycles. The Kier molecular flexibility index (Phi) is 5.86. The number of imidazole rings is 1. The maximum absolute atomic E-state index is 5.91. The number of hydrogen-bond acceptors (Lipinski definition) is 2. The summed E-state index contributed by atoms with van der Waals surface area (Å²) in [5.41, 5.74) is 2.30. The molecule has 1 aromatic heterocycles. The first kappa shape index (κ1) is 15.3. The lowest BCUT2D eigenvalue weighted by Gasteiger charge is -2.20. The minimum atomic E-state index is 0.621. The number of fused-ring (bicyclic) bond motifs is 1. The predicted octanol–water partition coefficient (Wildman–Crippen LogP) is 3.55. The van der Waals surface area contributed by atoms with Crippen LogP contribution in [0.3, 0.4) is 0 Å². The fourth-order valence-corrected chi connectivity index (χ4v) is 2.80. The summed E-state index contributed by atoms with van der Waals surface area (Å²) in [7, 11) is 0. The van der Waals surface area contributed by atoms with E-state index in [0.717, 1.165) is 43.9 Å². The molecule has 1 aromatic carbocycles. The van der Waals surface area contributed by atoms with Crippen LogP contribution in [-0.2, 0) is 13.0 Å². The summed E-state index contributed by atoms with van der Waals surface area (Å²) >= 11 is 5.91. The first-order valence-corrected chi connectivity index (χ1v) is 8.06. The smallest absolute Gasteiger partial charge is 0.111 e. The molecule has 0 atom stereocenters. The highest BCUT2D eigenvalue weighted by Gasteiger charge is 2.10. The van der Waals surface area contributed by atoms with Crippen molar-refractivity contribution in [1.29, 1.82) is 0 Å². The van der Waals surface area contributed by atoms with Crippen molar-refractivity contribution in [2.24, 2.45) is 0 Å². The summed E-state index contributed by atoms with van der Waals surface area (Å²) in [6.07, 6.45) is 2.03. The molecule has 1 heterocycles. The Hall–Kier alpha value is -1.06. The number of nitrogens with zero attached hydrogens (tertiary/aromatic N) is 3. The van der Waals surface area contributed by atoms with Crippen LogP contribution >= 0.6 is 11.6 Å². The second kappa shape index (κ2) is 7.65. The molecule has 0 radical (unpaired) electrons. The number of halogens is 1. The molecule has 0 fully saturated rings. The SMILES string of the molecule is CCCN(CC)CCn1c(CCCl)nc2ccccc21. The van der Waals surface area contributed by atoms with Gasteiger partial charge in [-0.3, -0.25) is 0 Å². The highest BCUT2D eigenvalue weighted by Crippen LogP contribution is 2.17. The standard InChI is InChI=1S/C16H24ClN3/c1-3-11-19(4-2)12-13-20-15-8-6-5-7-14(15)18-16(20)9-10-17/h5-8H,3-4,9-13H2,1-2H3. The summed E-state index contributed by atoms with van der Waals surface area (Å²) in [6, 6.07) is 8.34. The third kappa shape index (κ3) is 3.53. The van der Waals surface area contributed by atoms with Crippen LogP contribution in [0.5, 0.6) is 0 Å². The number of aryl methyl sites for hydroxylation is 1. The van der Waals surface area contributed by atoms with Crippen molar-refractivity contribution in [3.63, 3.8) is 0 Å². The van der Waals surface area contributed by atoms with Crippen LogP contribution in [0.25, 0.3) is 11.0 Å². The Bertz CT molecular complexity index is 536. The van der Waals surface area contributed by atoms with Gasteiger partial charge in [-0.25, -0.2) is 4.98 Å². The van der Waals surface area contributed by atoms with Crippen molar-refractivity contribution in [2.45, 2.75) is 33.2 Å². The van der Waals surface area contributed by atoms with Crippen LogP contribution in [0.4, 0.5) is 0 Å². The second-order valence-corrected chi connectivity index (χ2v) is 5.42. The van der Waals surface area contributed by atoms with Crippen LogP contribution < -0.4 is 0 Å². The van der Waals surface area contributed by atoms with E-state index in [1.165, 1.54) is 11.9 Å². The summed E-state index contributed by atoms with van der Waals surface area (Å²) in [6.45, 7) is 8.77. The average Bonchev–Trinajstić information content (AvgIpc) is 2.81. The first-order chi connectivity index (χ1) is 9.80. The Morgan fingerprint density at radius 2 is 2.00 bits per heavy atom.